The van der Waals surface area contributed by atoms with Crippen LogP contribution in [0.25, 0.3) is 0 Å². The van der Waals surface area contributed by atoms with E-state index in [1.807, 2.05) is 26.8 Å². The molecule has 6 heteroatoms. The van der Waals surface area contributed by atoms with Crippen LogP contribution in [0.4, 0.5) is 5.69 Å². The van der Waals surface area contributed by atoms with Crippen LogP contribution in [0.2, 0.25) is 5.02 Å². The van der Waals surface area contributed by atoms with Gasteiger partial charge in [0.15, 0.2) is 0 Å². The Morgan fingerprint density at radius 2 is 2.10 bits per heavy atom. The number of nitrogens with zero attached hydrogens (tertiary/aromatic N) is 3. The molecular formula is C14H17ClN4O. The fraction of sp³-hybridized carbons (Fsp3) is 0.357. The molecule has 1 amide bonds. The molecule has 0 aliphatic rings. The van der Waals surface area contributed by atoms with Crippen molar-refractivity contribution in [1.82, 2.24) is 14.8 Å². The van der Waals surface area contributed by atoms with Crippen LogP contribution in [0.1, 0.15) is 23.6 Å². The fourth-order valence-electron chi connectivity index (χ4n) is 1.92. The topological polar surface area (TPSA) is 59.8 Å². The number of aromatic nitrogens is 3. The quantitative estimate of drug-likeness (QED) is 0.942. The molecule has 106 valence electrons. The number of amides is 1. The molecule has 1 aromatic heterocycles. The summed E-state index contributed by atoms with van der Waals surface area (Å²) in [5, 5.41) is 7.69. The zero-order chi connectivity index (χ0) is 14.7. The zero-order valence-electron chi connectivity index (χ0n) is 11.8. The van der Waals surface area contributed by atoms with E-state index in [2.05, 4.69) is 15.4 Å². The molecule has 0 unspecified atom stereocenters. The summed E-state index contributed by atoms with van der Waals surface area (Å²) >= 11 is 5.92. The van der Waals surface area contributed by atoms with E-state index in [0.717, 1.165) is 17.1 Å². The summed E-state index contributed by atoms with van der Waals surface area (Å²) in [5.41, 5.74) is 1.73. The second kappa shape index (κ2) is 6.05. The number of hydrogen-bond acceptors (Lipinski definition) is 3. The van der Waals surface area contributed by atoms with E-state index in [4.69, 9.17) is 11.6 Å². The highest BCUT2D eigenvalue weighted by Crippen LogP contribution is 2.20. The van der Waals surface area contributed by atoms with Gasteiger partial charge < -0.3 is 5.32 Å². The molecule has 0 fully saturated rings. The van der Waals surface area contributed by atoms with Gasteiger partial charge in [-0.25, -0.2) is 9.67 Å². The van der Waals surface area contributed by atoms with E-state index in [9.17, 15) is 4.79 Å². The van der Waals surface area contributed by atoms with Crippen LogP contribution in [0.3, 0.4) is 0 Å². The summed E-state index contributed by atoms with van der Waals surface area (Å²) < 4.78 is 1.74. The Balaban J connectivity index is 1.96. The van der Waals surface area contributed by atoms with Crippen LogP contribution < -0.4 is 5.32 Å². The molecule has 0 bridgehead atoms. The van der Waals surface area contributed by atoms with Crippen LogP contribution >= 0.6 is 11.6 Å². The molecule has 20 heavy (non-hydrogen) atoms. The van der Waals surface area contributed by atoms with Crippen molar-refractivity contribution in [3.05, 3.63) is 40.4 Å². The van der Waals surface area contributed by atoms with Crippen LogP contribution in [-0.4, -0.2) is 20.7 Å². The van der Waals surface area contributed by atoms with E-state index in [0.29, 0.717) is 23.8 Å². The van der Waals surface area contributed by atoms with Crippen molar-refractivity contribution in [3.63, 3.8) is 0 Å². The van der Waals surface area contributed by atoms with Gasteiger partial charge in [0.1, 0.15) is 11.6 Å². The van der Waals surface area contributed by atoms with Crippen molar-refractivity contribution in [1.29, 1.82) is 0 Å². The van der Waals surface area contributed by atoms with E-state index in [1.165, 1.54) is 0 Å². The van der Waals surface area contributed by atoms with E-state index in [-0.39, 0.29) is 5.91 Å². The third kappa shape index (κ3) is 3.57. The van der Waals surface area contributed by atoms with Crippen LogP contribution in [0, 0.1) is 20.8 Å². The molecule has 0 radical (unpaired) electrons. The number of rotatable bonds is 4. The van der Waals surface area contributed by atoms with Crippen molar-refractivity contribution < 1.29 is 4.79 Å². The maximum Gasteiger partial charge on any atom is 0.226 e. The summed E-state index contributed by atoms with van der Waals surface area (Å²) in [7, 11) is 0. The van der Waals surface area contributed by atoms with Crippen molar-refractivity contribution >= 4 is 23.2 Å². The number of hydrogen-bond donors (Lipinski definition) is 1. The summed E-state index contributed by atoms with van der Waals surface area (Å²) in [6.45, 7) is 6.15. The molecule has 5 nitrogen and oxygen atoms in total. The Kier molecular flexibility index (Phi) is 4.39. The first kappa shape index (κ1) is 14.5. The molecule has 0 saturated heterocycles. The second-order valence-electron chi connectivity index (χ2n) is 4.69. The van der Waals surface area contributed by atoms with Crippen molar-refractivity contribution in [2.45, 2.75) is 33.7 Å². The standard InChI is InChI=1S/C14H17ClN4O/c1-9-4-5-12(15)8-13(9)17-14(20)6-7-19-11(3)16-10(2)18-19/h4-5,8H,6-7H2,1-3H3,(H,17,20). The number of carbonyl (C=O) groups excluding carboxylic acids is 1. The SMILES string of the molecule is Cc1nc(C)n(CCC(=O)Nc2cc(Cl)ccc2C)n1. The molecule has 0 atom stereocenters. The molecule has 0 spiro atoms. The summed E-state index contributed by atoms with van der Waals surface area (Å²) in [6.07, 6.45) is 0.343. The molecule has 0 aliphatic heterocycles. The summed E-state index contributed by atoms with van der Waals surface area (Å²) in [4.78, 5) is 16.2. The fourth-order valence-corrected chi connectivity index (χ4v) is 2.09. The van der Waals surface area contributed by atoms with Gasteiger partial charge in [-0.05, 0) is 38.5 Å². The maximum absolute atomic E-state index is 12.0. The zero-order valence-corrected chi connectivity index (χ0v) is 12.5. The minimum Gasteiger partial charge on any atom is -0.326 e. The smallest absolute Gasteiger partial charge is 0.226 e. The van der Waals surface area contributed by atoms with Gasteiger partial charge in [0.2, 0.25) is 5.91 Å². The van der Waals surface area contributed by atoms with Crippen molar-refractivity contribution in [3.8, 4) is 0 Å². The average molecular weight is 293 g/mol. The molecule has 1 aromatic carbocycles. The Labute approximate surface area is 123 Å². The Hall–Kier alpha value is -1.88. The summed E-state index contributed by atoms with van der Waals surface area (Å²) in [5.74, 6) is 1.46. The Morgan fingerprint density at radius 3 is 2.75 bits per heavy atom. The highest BCUT2D eigenvalue weighted by molar-refractivity contribution is 6.31. The van der Waals surface area contributed by atoms with Gasteiger partial charge in [0.25, 0.3) is 0 Å². The highest BCUT2D eigenvalue weighted by atomic mass is 35.5. The molecule has 1 N–H and O–H groups in total. The lowest BCUT2D eigenvalue weighted by atomic mass is 10.2. The number of halogens is 1. The van der Waals surface area contributed by atoms with E-state index >= 15 is 0 Å². The normalized spacial score (nSPS) is 10.6. The van der Waals surface area contributed by atoms with Gasteiger partial charge in [-0.15, -0.1) is 0 Å². The number of carbonyl (C=O) groups is 1. The monoisotopic (exact) mass is 292 g/mol. The molecular weight excluding hydrogens is 276 g/mol. The molecule has 1 heterocycles. The third-order valence-electron chi connectivity index (χ3n) is 2.99. The van der Waals surface area contributed by atoms with Crippen LogP contribution in [0.15, 0.2) is 18.2 Å². The number of nitrogens with one attached hydrogen (secondary N) is 1. The predicted octanol–water partition coefficient (Wildman–Crippen LogP) is 2.89. The van der Waals surface area contributed by atoms with Gasteiger partial charge in [-0.3, -0.25) is 4.79 Å². The van der Waals surface area contributed by atoms with Crippen LogP contribution in [0.5, 0.6) is 0 Å². The second-order valence-corrected chi connectivity index (χ2v) is 5.12. The van der Waals surface area contributed by atoms with E-state index in [1.54, 1.807) is 16.8 Å². The van der Waals surface area contributed by atoms with Gasteiger partial charge in [0.05, 0.1) is 6.54 Å². The highest BCUT2D eigenvalue weighted by Gasteiger charge is 2.08. The lowest BCUT2D eigenvalue weighted by Crippen LogP contribution is -2.16. The molecule has 0 aliphatic carbocycles. The average Bonchev–Trinajstić information content (AvgIpc) is 2.70. The number of aryl methyl sites for hydroxylation is 4. The van der Waals surface area contributed by atoms with Gasteiger partial charge in [-0.1, -0.05) is 17.7 Å². The maximum atomic E-state index is 12.0. The largest absolute Gasteiger partial charge is 0.326 e. The lowest BCUT2D eigenvalue weighted by molar-refractivity contribution is -0.116. The minimum atomic E-state index is -0.0667. The molecule has 0 saturated carbocycles. The Morgan fingerprint density at radius 1 is 1.35 bits per heavy atom. The summed E-state index contributed by atoms with van der Waals surface area (Å²) in [6, 6.07) is 5.43. The molecule has 2 rings (SSSR count). The van der Waals surface area contributed by atoms with Crippen molar-refractivity contribution in [2.75, 3.05) is 5.32 Å². The number of benzene rings is 1. The minimum absolute atomic E-state index is 0.0667. The van der Waals surface area contributed by atoms with Crippen LogP contribution in [-0.2, 0) is 11.3 Å². The van der Waals surface area contributed by atoms with Gasteiger partial charge in [0, 0.05) is 17.1 Å². The predicted molar refractivity (Wildman–Crippen MR) is 78.9 cm³/mol. The van der Waals surface area contributed by atoms with Gasteiger partial charge in [-0.2, -0.15) is 5.10 Å². The third-order valence-corrected chi connectivity index (χ3v) is 3.22. The Bertz CT molecular complexity index is 636. The van der Waals surface area contributed by atoms with E-state index < -0.39 is 0 Å². The lowest BCUT2D eigenvalue weighted by Gasteiger charge is -2.09. The first-order valence-electron chi connectivity index (χ1n) is 6.40. The first-order valence-corrected chi connectivity index (χ1v) is 6.77. The first-order chi connectivity index (χ1) is 9.45. The number of anilines is 1. The van der Waals surface area contributed by atoms with Gasteiger partial charge >= 0.3 is 0 Å². The molecule has 2 aromatic rings. The van der Waals surface area contributed by atoms with Crippen molar-refractivity contribution in [2.24, 2.45) is 0 Å².